The molecule has 2 heterocycles. The molecule has 214 valence electrons. The molecule has 40 heavy (non-hydrogen) atoms. The van der Waals surface area contributed by atoms with Gasteiger partial charge in [0, 0.05) is 0 Å². The Morgan fingerprint density at radius 3 is 2.50 bits per heavy atom. The predicted molar refractivity (Wildman–Crippen MR) is 139 cm³/mol. The number of ether oxygens (including phenoxy) is 5. The second kappa shape index (κ2) is 9.54. The number of halogens is 1. The molecular formula is C29H31ClO10. The van der Waals surface area contributed by atoms with Gasteiger partial charge in [-0.3, -0.25) is 14.4 Å². The Morgan fingerprint density at radius 2 is 1.82 bits per heavy atom. The molecule has 6 rings (SSSR count). The summed E-state index contributed by atoms with van der Waals surface area (Å²) in [7, 11) is 2.36. The van der Waals surface area contributed by atoms with Gasteiger partial charge >= 0.3 is 23.7 Å². The summed E-state index contributed by atoms with van der Waals surface area (Å²) in [5.74, 6) is -7.49. The van der Waals surface area contributed by atoms with E-state index in [-0.39, 0.29) is 17.1 Å². The molecule has 0 saturated heterocycles. The predicted octanol–water partition coefficient (Wildman–Crippen LogP) is 4.39. The fraction of sp³-hybridized carbons (Fsp3) is 0.517. The minimum absolute atomic E-state index is 0.180. The maximum Gasteiger partial charge on any atom is 0.349 e. The number of phenols is 1. The smallest absolute Gasteiger partial charge is 0.349 e. The molecule has 2 spiro atoms. The molecule has 3 aliphatic carbocycles. The Morgan fingerprint density at radius 1 is 1.10 bits per heavy atom. The van der Waals surface area contributed by atoms with Gasteiger partial charge in [0.15, 0.2) is 10.3 Å². The molecule has 1 saturated carbocycles. The number of ketones is 1. The first-order chi connectivity index (χ1) is 19.0. The van der Waals surface area contributed by atoms with E-state index >= 15 is 0 Å². The van der Waals surface area contributed by atoms with Gasteiger partial charge in [0.05, 0.1) is 20.5 Å². The molecule has 0 aromatic heterocycles. The van der Waals surface area contributed by atoms with Gasteiger partial charge < -0.3 is 28.8 Å². The molecule has 11 heteroatoms. The number of unbranched alkanes of at least 4 members (excludes halogenated alkanes) is 4. The van der Waals surface area contributed by atoms with Crippen LogP contribution >= 0.6 is 11.6 Å². The van der Waals surface area contributed by atoms with Crippen molar-refractivity contribution in [1.82, 2.24) is 0 Å². The quantitative estimate of drug-likeness (QED) is 0.206. The summed E-state index contributed by atoms with van der Waals surface area (Å²) >= 11 is 7.24. The van der Waals surface area contributed by atoms with Crippen LogP contribution in [0.5, 0.6) is 11.5 Å². The van der Waals surface area contributed by atoms with Crippen molar-refractivity contribution >= 4 is 35.3 Å². The van der Waals surface area contributed by atoms with Gasteiger partial charge in [0.1, 0.15) is 28.2 Å². The largest absolute Gasteiger partial charge is 0.507 e. The number of fused-ring (bicyclic) bond motifs is 1. The molecule has 2 bridgehead atoms. The highest BCUT2D eigenvalue weighted by Crippen LogP contribution is 2.71. The average Bonchev–Trinajstić information content (AvgIpc) is 3.22. The molecule has 2 aliphatic heterocycles. The number of hydrogen-bond donors (Lipinski definition) is 1. The van der Waals surface area contributed by atoms with Crippen LogP contribution in [0, 0.1) is 17.8 Å². The van der Waals surface area contributed by atoms with Gasteiger partial charge in [0.2, 0.25) is 5.78 Å². The van der Waals surface area contributed by atoms with Gasteiger partial charge in [-0.15, -0.1) is 11.6 Å². The minimum Gasteiger partial charge on any atom is -0.507 e. The lowest BCUT2D eigenvalue weighted by Gasteiger charge is -2.61. The number of alkyl halides is 1. The second-order valence-electron chi connectivity index (χ2n) is 10.7. The summed E-state index contributed by atoms with van der Waals surface area (Å²) in [4.78, 5) is 53.2. The third-order valence-electron chi connectivity index (χ3n) is 8.49. The van der Waals surface area contributed by atoms with Crippen molar-refractivity contribution in [3.05, 3.63) is 46.9 Å². The first-order valence-electron chi connectivity index (χ1n) is 13.2. The Bertz CT molecular complexity index is 1380. The third kappa shape index (κ3) is 3.34. The molecule has 0 radical (unpaired) electrons. The molecule has 5 aliphatic rings. The van der Waals surface area contributed by atoms with Crippen LogP contribution in [0.4, 0.5) is 0 Å². The normalized spacial score (nSPS) is 31.8. The SMILES string of the molecule is CCCCCCCC1=COC(=O)C12CC1(C(=O)OC)C=C(OC)C2(Cl)C(=O)C12OC(=O)c1c(O)cc(C)cc1O2. The summed E-state index contributed by atoms with van der Waals surface area (Å²) in [6.07, 6.45) is 7.11. The van der Waals surface area contributed by atoms with Gasteiger partial charge in [-0.05, 0) is 55.5 Å². The topological polar surface area (TPSA) is 135 Å². The maximum absolute atomic E-state index is 14.7. The van der Waals surface area contributed by atoms with Gasteiger partial charge in [-0.1, -0.05) is 32.6 Å². The number of rotatable bonds is 8. The maximum atomic E-state index is 14.7. The van der Waals surface area contributed by atoms with Crippen molar-refractivity contribution in [2.24, 2.45) is 10.8 Å². The van der Waals surface area contributed by atoms with Crippen LogP contribution in [0.15, 0.2) is 35.8 Å². The molecule has 1 N–H and O–H groups in total. The number of methoxy groups -OCH3 is 2. The van der Waals surface area contributed by atoms with E-state index in [1.54, 1.807) is 6.92 Å². The number of Topliss-reactive ketones (excluding diaryl/α,β-unsaturated/α-hetero) is 1. The van der Waals surface area contributed by atoms with E-state index in [9.17, 15) is 24.3 Å². The summed E-state index contributed by atoms with van der Waals surface area (Å²) in [6.45, 7) is 3.75. The number of carbonyl (C=O) groups excluding carboxylic acids is 4. The van der Waals surface area contributed by atoms with E-state index < -0.39 is 57.4 Å². The van der Waals surface area contributed by atoms with Gasteiger partial charge in [-0.2, -0.15) is 0 Å². The summed E-state index contributed by atoms with van der Waals surface area (Å²) in [6, 6.07) is 2.76. The van der Waals surface area contributed by atoms with Crippen LogP contribution in [-0.4, -0.2) is 53.7 Å². The Labute approximate surface area is 236 Å². The Kier molecular flexibility index (Phi) is 6.68. The molecule has 1 fully saturated rings. The van der Waals surface area contributed by atoms with E-state index in [4.69, 9.17) is 35.3 Å². The van der Waals surface area contributed by atoms with Crippen LogP contribution in [0.3, 0.4) is 0 Å². The molecule has 1 aromatic carbocycles. The van der Waals surface area contributed by atoms with Gasteiger partial charge in [0.25, 0.3) is 0 Å². The van der Waals surface area contributed by atoms with Crippen LogP contribution in [-0.2, 0) is 33.3 Å². The second-order valence-corrected chi connectivity index (χ2v) is 11.3. The fourth-order valence-corrected chi connectivity index (χ4v) is 7.09. The highest BCUT2D eigenvalue weighted by Gasteiger charge is 2.88. The van der Waals surface area contributed by atoms with Crippen molar-refractivity contribution in [1.29, 1.82) is 0 Å². The highest BCUT2D eigenvalue weighted by atomic mass is 35.5. The van der Waals surface area contributed by atoms with E-state index in [1.165, 1.54) is 31.6 Å². The Balaban J connectivity index is 1.71. The summed E-state index contributed by atoms with van der Waals surface area (Å²) in [5.41, 5.74) is -3.43. The van der Waals surface area contributed by atoms with E-state index in [0.29, 0.717) is 24.0 Å². The van der Waals surface area contributed by atoms with E-state index in [1.807, 2.05) is 0 Å². The molecule has 4 atom stereocenters. The lowest BCUT2D eigenvalue weighted by molar-refractivity contribution is -0.245. The molecular weight excluding hydrogens is 544 g/mol. The van der Waals surface area contributed by atoms with Crippen molar-refractivity contribution < 1.29 is 48.0 Å². The summed E-state index contributed by atoms with van der Waals surface area (Å²) in [5, 5.41) is 10.4. The minimum atomic E-state index is -2.66. The van der Waals surface area contributed by atoms with Crippen LogP contribution in [0.25, 0.3) is 0 Å². The van der Waals surface area contributed by atoms with Crippen LogP contribution < -0.4 is 4.74 Å². The number of cyclic esters (lactones) is 1. The van der Waals surface area contributed by atoms with Crippen molar-refractivity contribution in [3.8, 4) is 11.5 Å². The zero-order chi connectivity index (χ0) is 29.1. The zero-order valence-electron chi connectivity index (χ0n) is 22.8. The highest BCUT2D eigenvalue weighted by molar-refractivity contribution is 6.42. The number of aromatic hydroxyl groups is 1. The number of allylic oxidation sites excluding steroid dienone is 1. The lowest BCUT2D eigenvalue weighted by atomic mass is 9.46. The van der Waals surface area contributed by atoms with Crippen molar-refractivity contribution in [2.45, 2.75) is 69.5 Å². The number of carbonyl (C=O) groups is 4. The van der Waals surface area contributed by atoms with Crippen LogP contribution in [0.1, 0.15) is 67.8 Å². The molecule has 4 unspecified atom stereocenters. The number of phenolic OH excluding ortho intramolecular Hbond substituents is 1. The third-order valence-corrected chi connectivity index (χ3v) is 9.17. The number of hydrogen-bond acceptors (Lipinski definition) is 10. The zero-order valence-corrected chi connectivity index (χ0v) is 23.5. The first kappa shape index (κ1) is 28.0. The molecule has 1 aromatic rings. The van der Waals surface area contributed by atoms with Crippen molar-refractivity contribution in [2.75, 3.05) is 14.2 Å². The molecule has 0 amide bonds. The number of aryl methyl sites for hydroxylation is 1. The number of benzene rings is 1. The standard InChI is InChI=1S/C29H31ClO10/c1-5-6-7-8-9-10-17-14-38-25(35)27(17)15-26(24(34)37-4)13-20(36-3)28(27,30)23(33)29(26)39-19-12-16(2)11-18(31)21(19)22(32)40-29/h11-14,31H,5-10,15H2,1-4H3. The average molecular weight is 575 g/mol. The van der Waals surface area contributed by atoms with E-state index in [2.05, 4.69) is 6.92 Å². The molecule has 10 nitrogen and oxygen atoms in total. The number of esters is 3. The lowest BCUT2D eigenvalue weighted by Crippen LogP contribution is -2.80. The van der Waals surface area contributed by atoms with Crippen molar-refractivity contribution in [3.63, 3.8) is 0 Å². The Hall–Kier alpha value is -3.53. The summed E-state index contributed by atoms with van der Waals surface area (Å²) < 4.78 is 27.9. The fourth-order valence-electron chi connectivity index (χ4n) is 6.57. The first-order valence-corrected chi connectivity index (χ1v) is 13.6. The van der Waals surface area contributed by atoms with E-state index in [0.717, 1.165) is 32.8 Å². The van der Waals surface area contributed by atoms with Gasteiger partial charge in [-0.25, -0.2) is 4.79 Å². The monoisotopic (exact) mass is 574 g/mol. The van der Waals surface area contributed by atoms with Crippen LogP contribution in [0.2, 0.25) is 0 Å².